The summed E-state index contributed by atoms with van der Waals surface area (Å²) in [5, 5.41) is 21.2. The summed E-state index contributed by atoms with van der Waals surface area (Å²) in [5.74, 6) is 3.80. The smallest absolute Gasteiger partial charge is 0.144 e. The van der Waals surface area contributed by atoms with E-state index >= 15 is 4.39 Å². The first-order valence-corrected chi connectivity index (χ1v) is 13.1. The Hall–Kier alpha value is -0.150. The van der Waals surface area contributed by atoms with Gasteiger partial charge in [-0.15, -0.1) is 0 Å². The molecule has 0 aromatic heterocycles. The van der Waals surface area contributed by atoms with Gasteiger partial charge in [-0.05, 0) is 85.9 Å². The first-order valence-electron chi connectivity index (χ1n) is 13.1. The van der Waals surface area contributed by atoms with Crippen molar-refractivity contribution in [3.8, 4) is 0 Å². The Labute approximate surface area is 184 Å². The van der Waals surface area contributed by atoms with Crippen molar-refractivity contribution in [2.45, 2.75) is 123 Å². The van der Waals surface area contributed by atoms with Gasteiger partial charge in [0, 0.05) is 11.8 Å². The summed E-state index contributed by atoms with van der Waals surface area (Å²) in [6, 6.07) is 0. The normalized spacial score (nSPS) is 51.9. The lowest BCUT2D eigenvalue weighted by Gasteiger charge is -2.64. The topological polar surface area (TPSA) is 40.5 Å². The first-order chi connectivity index (χ1) is 14.0. The van der Waals surface area contributed by atoms with Gasteiger partial charge in [-0.2, -0.15) is 0 Å². The maximum atomic E-state index is 16.3. The van der Waals surface area contributed by atoms with E-state index in [0.29, 0.717) is 36.0 Å². The summed E-state index contributed by atoms with van der Waals surface area (Å²) >= 11 is 0. The second-order valence-corrected chi connectivity index (χ2v) is 12.8. The number of aliphatic hydroxyl groups excluding tert-OH is 2. The molecule has 2 N–H and O–H groups in total. The van der Waals surface area contributed by atoms with Crippen LogP contribution in [-0.4, -0.2) is 28.1 Å². The van der Waals surface area contributed by atoms with E-state index in [1.165, 1.54) is 38.5 Å². The van der Waals surface area contributed by atoms with E-state index in [1.54, 1.807) is 0 Å². The third-order valence-corrected chi connectivity index (χ3v) is 11.0. The average Bonchev–Trinajstić information content (AvgIpc) is 3.01. The van der Waals surface area contributed by atoms with Crippen LogP contribution in [0.1, 0.15) is 105 Å². The molecule has 4 rings (SSSR count). The molecule has 30 heavy (non-hydrogen) atoms. The standard InChI is InChI=1S/C27H47FO2/c1-17(2)7-6-8-18(3)21-9-10-22-20-15-24(30)27(28)16-19(29)11-14-26(27,5)23(20)12-13-25(21,22)4/h17-24,29-30H,6-16H2,1-5H3/t18-,19+,20+,21-,22+,23+,24-,25-,26-,27+/m1/s1/i28-1. The van der Waals surface area contributed by atoms with Crippen molar-refractivity contribution in [3.05, 3.63) is 0 Å². The van der Waals surface area contributed by atoms with Gasteiger partial charge in [0.2, 0.25) is 0 Å². The van der Waals surface area contributed by atoms with Crippen LogP contribution in [0.5, 0.6) is 0 Å². The molecule has 4 fully saturated rings. The van der Waals surface area contributed by atoms with Gasteiger partial charge < -0.3 is 10.2 Å². The SMILES string of the molecule is CC(C)CCC[C@@H](C)[C@H]1CC[C@H]2[C@@H]3C[C@@H](O)[C@@]4([18F])C[C@@H](O)CC[C@]4(C)[C@H]3CC[C@]12C. The van der Waals surface area contributed by atoms with Crippen LogP contribution >= 0.6 is 0 Å². The molecule has 0 heterocycles. The Bertz CT molecular complexity index is 622. The highest BCUT2D eigenvalue weighted by atomic mass is 18.2. The van der Waals surface area contributed by atoms with Gasteiger partial charge in [-0.3, -0.25) is 0 Å². The summed E-state index contributed by atoms with van der Waals surface area (Å²) in [4.78, 5) is 0. The van der Waals surface area contributed by atoms with Gasteiger partial charge in [0.1, 0.15) is 5.67 Å². The van der Waals surface area contributed by atoms with Gasteiger partial charge in [0.25, 0.3) is 0 Å². The molecule has 0 radical (unpaired) electrons. The van der Waals surface area contributed by atoms with Gasteiger partial charge >= 0.3 is 0 Å². The Morgan fingerprint density at radius 2 is 1.67 bits per heavy atom. The van der Waals surface area contributed by atoms with E-state index in [4.69, 9.17) is 0 Å². The fourth-order valence-electron chi connectivity index (χ4n) is 9.24. The number of alkyl halides is 1. The third-order valence-electron chi connectivity index (χ3n) is 11.0. The summed E-state index contributed by atoms with van der Waals surface area (Å²) in [6.07, 6.45) is 9.57. The van der Waals surface area contributed by atoms with Crippen LogP contribution < -0.4 is 0 Å². The minimum absolute atomic E-state index is 0.130. The number of hydrogen-bond donors (Lipinski definition) is 2. The predicted octanol–water partition coefficient (Wildman–Crippen LogP) is 6.53. The fourth-order valence-corrected chi connectivity index (χ4v) is 9.24. The van der Waals surface area contributed by atoms with Crippen LogP contribution in [-0.2, 0) is 0 Å². The third kappa shape index (κ3) is 3.40. The van der Waals surface area contributed by atoms with E-state index in [-0.39, 0.29) is 6.42 Å². The van der Waals surface area contributed by atoms with Gasteiger partial charge in [0.05, 0.1) is 12.2 Å². The van der Waals surface area contributed by atoms with E-state index in [9.17, 15) is 10.2 Å². The highest BCUT2D eigenvalue weighted by molar-refractivity contribution is 5.17. The van der Waals surface area contributed by atoms with Crippen molar-refractivity contribution in [1.82, 2.24) is 0 Å². The van der Waals surface area contributed by atoms with E-state index in [2.05, 4.69) is 34.6 Å². The van der Waals surface area contributed by atoms with Crippen LogP contribution in [0.15, 0.2) is 0 Å². The maximum Gasteiger partial charge on any atom is 0.144 e. The molecule has 4 saturated carbocycles. The lowest BCUT2D eigenvalue weighted by Crippen LogP contribution is -2.66. The lowest BCUT2D eigenvalue weighted by molar-refractivity contribution is -0.232. The van der Waals surface area contributed by atoms with Gasteiger partial charge in [-0.25, -0.2) is 4.39 Å². The molecule has 0 aromatic carbocycles. The Balaban J connectivity index is 1.53. The molecule has 0 aromatic rings. The zero-order valence-electron chi connectivity index (χ0n) is 20.2. The van der Waals surface area contributed by atoms with Crippen LogP contribution in [0.4, 0.5) is 4.39 Å². The van der Waals surface area contributed by atoms with Crippen LogP contribution in [0.2, 0.25) is 0 Å². The minimum Gasteiger partial charge on any atom is -0.393 e. The molecule has 0 saturated heterocycles. The predicted molar refractivity (Wildman–Crippen MR) is 121 cm³/mol. The van der Waals surface area contributed by atoms with Crippen molar-refractivity contribution in [1.29, 1.82) is 0 Å². The largest absolute Gasteiger partial charge is 0.393 e. The summed E-state index contributed by atoms with van der Waals surface area (Å²) in [6.45, 7) is 11.8. The lowest BCUT2D eigenvalue weighted by atomic mass is 9.42. The van der Waals surface area contributed by atoms with Gasteiger partial charge in [0.15, 0.2) is 0 Å². The molecule has 0 bridgehead atoms. The van der Waals surface area contributed by atoms with E-state index < -0.39 is 23.3 Å². The Morgan fingerprint density at radius 1 is 0.933 bits per heavy atom. The molecule has 0 amide bonds. The maximum absolute atomic E-state index is 16.3. The second-order valence-electron chi connectivity index (χ2n) is 12.8. The molecule has 0 spiro atoms. The Kier molecular flexibility index (Phi) is 6.15. The first kappa shape index (κ1) is 23.0. The molecular formula is C27H47FO2. The number of fused-ring (bicyclic) bond motifs is 5. The molecule has 0 aliphatic heterocycles. The van der Waals surface area contributed by atoms with Crippen molar-refractivity contribution in [2.24, 2.45) is 46.3 Å². The quantitative estimate of drug-likeness (QED) is 0.530. The van der Waals surface area contributed by atoms with E-state index in [0.717, 1.165) is 30.6 Å². The zero-order valence-corrected chi connectivity index (χ0v) is 20.2. The molecule has 2 nitrogen and oxygen atoms in total. The molecule has 10 atom stereocenters. The van der Waals surface area contributed by atoms with Crippen LogP contribution in [0.25, 0.3) is 0 Å². The second kappa shape index (κ2) is 8.01. The van der Waals surface area contributed by atoms with Crippen molar-refractivity contribution in [3.63, 3.8) is 0 Å². The van der Waals surface area contributed by atoms with E-state index in [1.807, 2.05) is 0 Å². The van der Waals surface area contributed by atoms with Crippen LogP contribution in [0, 0.1) is 46.3 Å². The van der Waals surface area contributed by atoms with Crippen molar-refractivity contribution >= 4 is 0 Å². The van der Waals surface area contributed by atoms with Crippen molar-refractivity contribution in [2.75, 3.05) is 0 Å². The van der Waals surface area contributed by atoms with Crippen LogP contribution in [0.3, 0.4) is 0 Å². The molecule has 4 aliphatic rings. The van der Waals surface area contributed by atoms with Crippen molar-refractivity contribution < 1.29 is 14.6 Å². The highest BCUT2D eigenvalue weighted by Crippen LogP contribution is 2.69. The fraction of sp³-hybridized carbons (Fsp3) is 1.00. The molecule has 174 valence electrons. The molecule has 0 unspecified atom stereocenters. The number of halogens is 1. The molecule has 4 aliphatic carbocycles. The number of rotatable bonds is 5. The minimum atomic E-state index is -1.61. The summed E-state index contributed by atoms with van der Waals surface area (Å²) in [5.41, 5.74) is -1.72. The number of aliphatic hydroxyl groups is 2. The monoisotopic (exact) mass is 421 g/mol. The van der Waals surface area contributed by atoms with Gasteiger partial charge in [-0.1, -0.05) is 53.9 Å². The number of hydrogen-bond acceptors (Lipinski definition) is 2. The Morgan fingerprint density at radius 3 is 2.37 bits per heavy atom. The molecule has 3 heteroatoms. The molecular weight excluding hydrogens is 374 g/mol. The average molecular weight is 422 g/mol. The highest BCUT2D eigenvalue weighted by Gasteiger charge is 2.68. The summed E-state index contributed by atoms with van der Waals surface area (Å²) < 4.78 is 16.3. The zero-order chi connectivity index (χ0) is 21.9. The summed E-state index contributed by atoms with van der Waals surface area (Å²) in [7, 11) is 0.